The molecule has 27 heavy (non-hydrogen) atoms. The summed E-state index contributed by atoms with van der Waals surface area (Å²) in [6.45, 7) is 3.79. The zero-order valence-corrected chi connectivity index (χ0v) is 19.4. The molecule has 0 aliphatic heterocycles. The molecular formula is C19H31IN6S. The smallest absolute Gasteiger partial charge is 0.191 e. The Kier molecular flexibility index (Phi) is 9.67. The average Bonchev–Trinajstić information content (AvgIpc) is 3.09. The topological polar surface area (TPSA) is 66.6 Å². The first-order valence-electron chi connectivity index (χ1n) is 9.66. The standard InChI is InChI=1S/C19H30N6S.HI/c1-3-20-19(22-15-8-6-9-16(14-15)26-2)21-12-7-11-18-24-23-17-10-4-5-13-25(17)18;/h4-5,10,13,15-16H,3,6-9,11-12,14H2,1-2H3,(H2,20,21,22);1H. The number of aliphatic imine (C=N–C) groups is 1. The van der Waals surface area contributed by atoms with E-state index in [0.29, 0.717) is 6.04 Å². The molecule has 2 aromatic heterocycles. The van der Waals surface area contributed by atoms with Crippen molar-refractivity contribution in [1.82, 2.24) is 25.2 Å². The molecule has 2 aromatic rings. The summed E-state index contributed by atoms with van der Waals surface area (Å²) in [6.07, 6.45) is 11.2. The molecule has 0 saturated heterocycles. The van der Waals surface area contributed by atoms with Crippen LogP contribution < -0.4 is 10.6 Å². The zero-order valence-electron chi connectivity index (χ0n) is 16.2. The summed E-state index contributed by atoms with van der Waals surface area (Å²) in [6, 6.07) is 6.52. The molecule has 0 aromatic carbocycles. The van der Waals surface area contributed by atoms with Crippen LogP contribution in [0.2, 0.25) is 0 Å². The van der Waals surface area contributed by atoms with E-state index in [9.17, 15) is 0 Å². The second-order valence-corrected chi connectivity index (χ2v) is 7.91. The second-order valence-electron chi connectivity index (χ2n) is 6.77. The second kappa shape index (κ2) is 11.7. The predicted octanol–water partition coefficient (Wildman–Crippen LogP) is 3.51. The molecule has 0 amide bonds. The summed E-state index contributed by atoms with van der Waals surface area (Å²) >= 11 is 2.00. The largest absolute Gasteiger partial charge is 0.357 e. The maximum Gasteiger partial charge on any atom is 0.191 e. The van der Waals surface area contributed by atoms with Gasteiger partial charge >= 0.3 is 0 Å². The summed E-state index contributed by atoms with van der Waals surface area (Å²) in [7, 11) is 0. The van der Waals surface area contributed by atoms with E-state index in [-0.39, 0.29) is 24.0 Å². The third-order valence-corrected chi connectivity index (χ3v) is 5.95. The van der Waals surface area contributed by atoms with Gasteiger partial charge in [-0.3, -0.25) is 9.39 Å². The Morgan fingerprint density at radius 1 is 1.33 bits per heavy atom. The Labute approximate surface area is 183 Å². The molecule has 1 fully saturated rings. The van der Waals surface area contributed by atoms with Crippen molar-refractivity contribution in [2.24, 2.45) is 4.99 Å². The average molecular weight is 502 g/mol. The summed E-state index contributed by atoms with van der Waals surface area (Å²) in [4.78, 5) is 4.77. The molecule has 0 bridgehead atoms. The number of nitrogens with one attached hydrogen (secondary N) is 2. The van der Waals surface area contributed by atoms with Crippen LogP contribution in [-0.2, 0) is 6.42 Å². The van der Waals surface area contributed by atoms with Crippen LogP contribution in [0.25, 0.3) is 5.65 Å². The van der Waals surface area contributed by atoms with Crippen LogP contribution in [0.1, 0.15) is 44.9 Å². The van der Waals surface area contributed by atoms with Crippen LogP contribution >= 0.6 is 35.7 Å². The quantitative estimate of drug-likeness (QED) is 0.263. The number of nitrogens with zero attached hydrogens (tertiary/aromatic N) is 4. The molecular weight excluding hydrogens is 471 g/mol. The van der Waals surface area contributed by atoms with Gasteiger partial charge in [0.05, 0.1) is 0 Å². The molecule has 150 valence electrons. The highest BCUT2D eigenvalue weighted by molar-refractivity contribution is 14.0. The number of halogens is 1. The van der Waals surface area contributed by atoms with Gasteiger partial charge in [0.1, 0.15) is 5.82 Å². The Balaban J connectivity index is 0.00000261. The number of hydrogen-bond acceptors (Lipinski definition) is 4. The van der Waals surface area contributed by atoms with Gasteiger partial charge in [0.2, 0.25) is 0 Å². The fourth-order valence-electron chi connectivity index (χ4n) is 3.49. The highest BCUT2D eigenvalue weighted by atomic mass is 127. The van der Waals surface area contributed by atoms with Crippen molar-refractivity contribution in [3.8, 4) is 0 Å². The number of fused-ring (bicyclic) bond motifs is 1. The molecule has 2 N–H and O–H groups in total. The van der Waals surface area contributed by atoms with E-state index in [1.54, 1.807) is 0 Å². The van der Waals surface area contributed by atoms with Crippen LogP contribution in [0.3, 0.4) is 0 Å². The third-order valence-electron chi connectivity index (χ3n) is 4.86. The monoisotopic (exact) mass is 502 g/mol. The van der Waals surface area contributed by atoms with Crippen molar-refractivity contribution >= 4 is 47.3 Å². The molecule has 0 radical (unpaired) electrons. The fourth-order valence-corrected chi connectivity index (χ4v) is 4.32. The summed E-state index contributed by atoms with van der Waals surface area (Å²) in [5.41, 5.74) is 0.904. The number of thioether (sulfide) groups is 1. The molecule has 6 nitrogen and oxygen atoms in total. The molecule has 8 heteroatoms. The van der Waals surface area contributed by atoms with Gasteiger partial charge in [-0.05, 0) is 51.0 Å². The highest BCUT2D eigenvalue weighted by Crippen LogP contribution is 2.26. The van der Waals surface area contributed by atoms with Gasteiger partial charge in [0.15, 0.2) is 11.6 Å². The van der Waals surface area contributed by atoms with E-state index in [1.165, 1.54) is 25.7 Å². The van der Waals surface area contributed by atoms with Crippen LogP contribution in [0.4, 0.5) is 0 Å². The van der Waals surface area contributed by atoms with Gasteiger partial charge in [0, 0.05) is 37.0 Å². The van der Waals surface area contributed by atoms with Gasteiger partial charge in [-0.2, -0.15) is 11.8 Å². The van der Waals surface area contributed by atoms with E-state index in [4.69, 9.17) is 4.99 Å². The number of aromatic nitrogens is 3. The number of pyridine rings is 1. The van der Waals surface area contributed by atoms with E-state index in [0.717, 1.165) is 48.6 Å². The van der Waals surface area contributed by atoms with Crippen molar-refractivity contribution in [1.29, 1.82) is 0 Å². The van der Waals surface area contributed by atoms with Crippen molar-refractivity contribution in [3.05, 3.63) is 30.2 Å². The molecule has 1 aliphatic rings. The lowest BCUT2D eigenvalue weighted by molar-refractivity contribution is 0.419. The number of guanidine groups is 1. The molecule has 0 spiro atoms. The minimum atomic E-state index is 0. The Bertz CT molecular complexity index is 719. The summed E-state index contributed by atoms with van der Waals surface area (Å²) in [5, 5.41) is 16.3. The molecule has 3 rings (SSSR count). The Hall–Kier alpha value is -1.03. The number of rotatable bonds is 7. The maximum atomic E-state index is 4.77. The number of hydrogen-bond donors (Lipinski definition) is 2. The summed E-state index contributed by atoms with van der Waals surface area (Å²) in [5.74, 6) is 1.95. The van der Waals surface area contributed by atoms with E-state index in [1.807, 2.05) is 36.2 Å². The molecule has 2 atom stereocenters. The highest BCUT2D eigenvalue weighted by Gasteiger charge is 2.21. The lowest BCUT2D eigenvalue weighted by Gasteiger charge is -2.29. The van der Waals surface area contributed by atoms with Crippen molar-refractivity contribution in [3.63, 3.8) is 0 Å². The van der Waals surface area contributed by atoms with Crippen molar-refractivity contribution < 1.29 is 0 Å². The molecule has 2 heterocycles. The molecule has 2 unspecified atom stereocenters. The normalized spacial score (nSPS) is 20.3. The Morgan fingerprint density at radius 3 is 3.04 bits per heavy atom. The van der Waals surface area contributed by atoms with Crippen LogP contribution in [-0.4, -0.2) is 51.2 Å². The van der Waals surface area contributed by atoms with Crippen molar-refractivity contribution in [2.75, 3.05) is 19.3 Å². The number of aryl methyl sites for hydroxylation is 1. The van der Waals surface area contributed by atoms with Crippen molar-refractivity contribution in [2.45, 2.75) is 56.7 Å². The maximum absolute atomic E-state index is 4.77. The molecule has 1 saturated carbocycles. The zero-order chi connectivity index (χ0) is 18.2. The van der Waals surface area contributed by atoms with E-state index >= 15 is 0 Å². The fraction of sp³-hybridized carbons (Fsp3) is 0.632. The van der Waals surface area contributed by atoms with Gasteiger partial charge in [0.25, 0.3) is 0 Å². The van der Waals surface area contributed by atoms with Crippen LogP contribution in [0.15, 0.2) is 29.4 Å². The minimum Gasteiger partial charge on any atom is -0.357 e. The third kappa shape index (κ3) is 6.51. The van der Waals surface area contributed by atoms with Crippen LogP contribution in [0.5, 0.6) is 0 Å². The predicted molar refractivity (Wildman–Crippen MR) is 125 cm³/mol. The van der Waals surface area contributed by atoms with Gasteiger partial charge in [-0.15, -0.1) is 34.2 Å². The minimum absolute atomic E-state index is 0. The first kappa shape index (κ1) is 22.3. The SMILES string of the molecule is CCNC(=NCCCc1nnc2ccccn12)NC1CCCC(SC)C1.I. The Morgan fingerprint density at radius 2 is 2.22 bits per heavy atom. The lowest BCUT2D eigenvalue weighted by Crippen LogP contribution is -2.45. The van der Waals surface area contributed by atoms with Gasteiger partial charge in [-0.25, -0.2) is 0 Å². The molecule has 1 aliphatic carbocycles. The first-order valence-corrected chi connectivity index (χ1v) is 10.9. The van der Waals surface area contributed by atoms with Gasteiger partial charge in [-0.1, -0.05) is 12.5 Å². The van der Waals surface area contributed by atoms with E-state index in [2.05, 4.69) is 38.4 Å². The summed E-state index contributed by atoms with van der Waals surface area (Å²) < 4.78 is 2.05. The van der Waals surface area contributed by atoms with E-state index < -0.39 is 0 Å². The van der Waals surface area contributed by atoms with Crippen LogP contribution in [0, 0.1) is 0 Å². The lowest BCUT2D eigenvalue weighted by atomic mass is 9.95. The van der Waals surface area contributed by atoms with Gasteiger partial charge < -0.3 is 10.6 Å². The first-order chi connectivity index (χ1) is 12.8.